The molecule has 1 amide bonds. The topological polar surface area (TPSA) is 61.0 Å². The number of carbonyl (C=O) groups excluding carboxylic acids is 1. The Kier molecular flexibility index (Phi) is 5.41. The molecule has 196 valence electrons. The van der Waals surface area contributed by atoms with Gasteiger partial charge in [0.15, 0.2) is 0 Å². The number of fused-ring (bicyclic) bond motifs is 4. The van der Waals surface area contributed by atoms with Gasteiger partial charge in [-0.15, -0.1) is 6.42 Å². The number of para-hydroxylation sites is 1. The molecule has 3 aliphatic carbocycles. The summed E-state index contributed by atoms with van der Waals surface area (Å²) in [6.45, 7) is 4.60. The van der Waals surface area contributed by atoms with E-state index in [1.807, 2.05) is 11.1 Å². The van der Waals surface area contributed by atoms with E-state index >= 15 is 0 Å². The predicted octanol–water partition coefficient (Wildman–Crippen LogP) is 6.61. The quantitative estimate of drug-likeness (QED) is 0.370. The van der Waals surface area contributed by atoms with Gasteiger partial charge in [-0.2, -0.15) is 0 Å². The number of rotatable bonds is 6. The van der Waals surface area contributed by atoms with Crippen LogP contribution in [0.2, 0.25) is 0 Å². The van der Waals surface area contributed by atoms with E-state index in [-0.39, 0.29) is 23.5 Å². The number of anilines is 1. The second-order valence-corrected chi connectivity index (χ2v) is 12.9. The van der Waals surface area contributed by atoms with Gasteiger partial charge in [0, 0.05) is 28.2 Å². The minimum atomic E-state index is -0.321. The number of unbranched alkanes of at least 4 members (excludes halogenated alkanes) is 1. The molecule has 2 N–H and O–H groups in total. The van der Waals surface area contributed by atoms with Gasteiger partial charge in [0.1, 0.15) is 6.04 Å². The zero-order valence-corrected chi connectivity index (χ0v) is 22.6. The molecule has 4 unspecified atom stereocenters. The molecule has 38 heavy (non-hydrogen) atoms. The molecular weight excluding hydrogens is 468 g/mol. The zero-order valence-electron chi connectivity index (χ0n) is 22.6. The molecule has 3 fully saturated rings. The summed E-state index contributed by atoms with van der Waals surface area (Å²) in [6.07, 6.45) is 18.4. The minimum Gasteiger partial charge on any atom is -0.379 e. The second kappa shape index (κ2) is 8.63. The van der Waals surface area contributed by atoms with Crippen molar-refractivity contribution in [2.75, 3.05) is 5.32 Å². The van der Waals surface area contributed by atoms with E-state index in [0.717, 1.165) is 60.1 Å². The number of amides is 1. The van der Waals surface area contributed by atoms with Crippen LogP contribution in [-0.2, 0) is 11.2 Å². The zero-order chi connectivity index (χ0) is 26.1. The van der Waals surface area contributed by atoms with Crippen molar-refractivity contribution in [3.8, 4) is 12.3 Å². The molecule has 2 aromatic heterocycles. The molecule has 3 heterocycles. The summed E-state index contributed by atoms with van der Waals surface area (Å²) < 4.78 is 0. The number of nitrogens with zero attached hydrogens (tertiary/aromatic N) is 2. The Labute approximate surface area is 225 Å². The van der Waals surface area contributed by atoms with Crippen LogP contribution in [0.25, 0.3) is 10.9 Å². The predicted molar refractivity (Wildman–Crippen MR) is 152 cm³/mol. The van der Waals surface area contributed by atoms with Crippen molar-refractivity contribution in [2.24, 2.45) is 17.3 Å². The number of terminal acetylenes is 1. The molecule has 7 rings (SSSR count). The number of hydrogen-bond acceptors (Lipinski definition) is 3. The first-order valence-electron chi connectivity index (χ1n) is 14.5. The highest BCUT2D eigenvalue weighted by Gasteiger charge is 2.65. The number of carbonyl (C=O) groups is 1. The monoisotopic (exact) mass is 506 g/mol. The molecule has 4 aliphatic rings. The Bertz CT molecular complexity index is 1430. The third-order valence-electron chi connectivity index (χ3n) is 10.1. The maximum Gasteiger partial charge on any atom is 0.299 e. The first-order valence-corrected chi connectivity index (χ1v) is 14.5. The number of benzene rings is 1. The molecule has 5 heteroatoms. The van der Waals surface area contributed by atoms with Crippen molar-refractivity contribution in [1.82, 2.24) is 14.9 Å². The van der Waals surface area contributed by atoms with Crippen LogP contribution in [0.5, 0.6) is 0 Å². The number of aromatic nitrogens is 2. The summed E-state index contributed by atoms with van der Waals surface area (Å²) in [7, 11) is 0. The van der Waals surface area contributed by atoms with Crippen LogP contribution in [0.3, 0.4) is 0 Å². The van der Waals surface area contributed by atoms with Gasteiger partial charge in [-0.05, 0) is 98.8 Å². The van der Waals surface area contributed by atoms with Crippen LogP contribution in [0.4, 0.5) is 5.69 Å². The highest BCUT2D eigenvalue weighted by atomic mass is 16.2. The molecule has 1 aromatic carbocycles. The first-order chi connectivity index (χ1) is 18.4. The molecule has 1 aliphatic heterocycles. The Morgan fingerprint density at radius 2 is 2.11 bits per heavy atom. The fraction of sp³-hybridized carbons (Fsp3) is 0.515. The molecule has 3 aromatic rings. The van der Waals surface area contributed by atoms with Crippen molar-refractivity contribution in [3.05, 3.63) is 59.5 Å². The van der Waals surface area contributed by atoms with E-state index in [4.69, 9.17) is 11.4 Å². The Morgan fingerprint density at radius 1 is 1.24 bits per heavy atom. The van der Waals surface area contributed by atoms with Crippen molar-refractivity contribution >= 4 is 22.5 Å². The Balaban J connectivity index is 1.24. The second-order valence-electron chi connectivity index (χ2n) is 12.9. The van der Waals surface area contributed by atoms with Crippen molar-refractivity contribution in [3.63, 3.8) is 0 Å². The largest absolute Gasteiger partial charge is 0.379 e. The lowest BCUT2D eigenvalue weighted by atomic mass is 9.72. The van der Waals surface area contributed by atoms with E-state index < -0.39 is 0 Å². The number of pyridine rings is 1. The summed E-state index contributed by atoms with van der Waals surface area (Å²) in [4.78, 5) is 23.8. The van der Waals surface area contributed by atoms with Crippen molar-refractivity contribution in [1.29, 1.82) is 0 Å². The van der Waals surface area contributed by atoms with Crippen molar-refractivity contribution < 1.29 is 4.79 Å². The van der Waals surface area contributed by atoms with Gasteiger partial charge in [-0.25, -0.2) is 0 Å². The molecule has 0 radical (unpaired) electrons. The number of nitrogens with one attached hydrogen (secondary N) is 2. The molecule has 0 saturated heterocycles. The number of H-pyrrole nitrogens is 1. The van der Waals surface area contributed by atoms with Crippen molar-refractivity contribution in [2.45, 2.75) is 89.3 Å². The molecule has 2 bridgehead atoms. The fourth-order valence-electron chi connectivity index (χ4n) is 8.78. The molecule has 5 nitrogen and oxygen atoms in total. The van der Waals surface area contributed by atoms with Gasteiger partial charge >= 0.3 is 0 Å². The van der Waals surface area contributed by atoms with Crippen LogP contribution in [-0.4, -0.2) is 32.4 Å². The summed E-state index contributed by atoms with van der Waals surface area (Å²) in [5.74, 6) is 4.03. The third kappa shape index (κ3) is 3.75. The first kappa shape index (κ1) is 23.8. The molecule has 1 spiro atoms. The van der Waals surface area contributed by atoms with Crippen LogP contribution in [0.15, 0.2) is 42.6 Å². The van der Waals surface area contributed by atoms with Gasteiger partial charge < -0.3 is 15.2 Å². The highest BCUT2D eigenvalue weighted by Crippen LogP contribution is 2.72. The van der Waals surface area contributed by atoms with Crippen LogP contribution in [0, 0.1) is 29.6 Å². The average Bonchev–Trinajstić information content (AvgIpc) is 3.26. The molecular formula is C33H38N4O. The lowest BCUT2D eigenvalue weighted by molar-refractivity contribution is -0.130. The highest BCUT2D eigenvalue weighted by molar-refractivity contribution is 5.94. The van der Waals surface area contributed by atoms with E-state index in [9.17, 15) is 4.79 Å². The van der Waals surface area contributed by atoms with Gasteiger partial charge in [-0.3, -0.25) is 9.78 Å². The maximum absolute atomic E-state index is 13.3. The summed E-state index contributed by atoms with van der Waals surface area (Å²) in [6, 6.07) is 12.4. The van der Waals surface area contributed by atoms with E-state index in [1.165, 1.54) is 43.1 Å². The van der Waals surface area contributed by atoms with Gasteiger partial charge in [-0.1, -0.05) is 38.0 Å². The summed E-state index contributed by atoms with van der Waals surface area (Å²) in [5, 5.41) is 5.11. The lowest BCUT2D eigenvalue weighted by Crippen LogP contribution is -2.47. The Hall–Kier alpha value is -3.26. The Morgan fingerprint density at radius 3 is 2.87 bits per heavy atom. The smallest absolute Gasteiger partial charge is 0.299 e. The minimum absolute atomic E-state index is 0.0529. The van der Waals surface area contributed by atoms with Crippen LogP contribution < -0.4 is 5.32 Å². The van der Waals surface area contributed by atoms with E-state index in [1.54, 1.807) is 0 Å². The summed E-state index contributed by atoms with van der Waals surface area (Å²) >= 11 is 0. The fourth-order valence-corrected chi connectivity index (χ4v) is 8.78. The van der Waals surface area contributed by atoms with Gasteiger partial charge in [0.25, 0.3) is 5.91 Å². The van der Waals surface area contributed by atoms with Gasteiger partial charge in [0.05, 0.1) is 17.6 Å². The average molecular weight is 507 g/mol. The molecule has 6 atom stereocenters. The summed E-state index contributed by atoms with van der Waals surface area (Å²) in [5.41, 5.74) is 6.12. The van der Waals surface area contributed by atoms with E-state index in [0.29, 0.717) is 5.41 Å². The van der Waals surface area contributed by atoms with E-state index in [2.05, 4.69) is 66.5 Å². The lowest BCUT2D eigenvalue weighted by Gasteiger charge is -2.42. The SMILES string of the molecule is C#CC(=O)N1[C@@H](CCCC)Cc2c([nH]c3ccccc23)[C@@H]1c1ccc(NC2(C)CC3CC4CC4(C3)C2)cn1. The number of aromatic amines is 1. The van der Waals surface area contributed by atoms with Gasteiger partial charge in [0.2, 0.25) is 0 Å². The maximum atomic E-state index is 13.3. The third-order valence-corrected chi connectivity index (χ3v) is 10.1. The van der Waals surface area contributed by atoms with Crippen LogP contribution >= 0.6 is 0 Å². The molecule has 3 saturated carbocycles. The number of hydrogen-bond donors (Lipinski definition) is 2. The normalized spacial score (nSPS) is 32.9. The standard InChI is InChI=1S/C33H38N4O/c1-4-6-9-24-15-26-25-10-7-8-11-27(25)35-30(26)31(37(24)29(38)5-2)28-13-12-23(19-34-28)36-32(3)16-21-14-22-18-33(22,17-21)20-32/h2,7-8,10-13,19,21-22,24,31,35-36H,4,6,9,14-18,20H2,1,3H3/t21?,22?,24-,31-,32?,33?/m0/s1. The van der Waals surface area contributed by atoms with Crippen LogP contribution in [0.1, 0.15) is 88.2 Å².